The second-order valence-corrected chi connectivity index (χ2v) is 11.6. The fourth-order valence-electron chi connectivity index (χ4n) is 5.69. The predicted molar refractivity (Wildman–Crippen MR) is 166 cm³/mol. The number of aromatic nitrogens is 2. The van der Waals surface area contributed by atoms with Crippen molar-refractivity contribution in [2.24, 2.45) is 7.05 Å². The van der Waals surface area contributed by atoms with Gasteiger partial charge in [-0.2, -0.15) is 0 Å². The molecule has 3 aromatic carbocycles. The lowest BCUT2D eigenvalue weighted by Gasteiger charge is -2.19. The molecular weight excluding hydrogens is 573 g/mol. The van der Waals surface area contributed by atoms with Crippen LogP contribution in [0.3, 0.4) is 0 Å². The molecule has 6 rings (SSSR count). The van der Waals surface area contributed by atoms with Gasteiger partial charge >= 0.3 is 5.97 Å². The van der Waals surface area contributed by atoms with Gasteiger partial charge in [0.2, 0.25) is 0 Å². The van der Waals surface area contributed by atoms with Crippen LogP contribution in [0.25, 0.3) is 32.9 Å². The summed E-state index contributed by atoms with van der Waals surface area (Å²) in [6, 6.07) is 17.0. The van der Waals surface area contributed by atoms with Crippen LogP contribution in [0, 0.1) is 6.92 Å². The lowest BCUT2D eigenvalue weighted by Crippen LogP contribution is -2.42. The molecule has 1 aliphatic rings. The van der Waals surface area contributed by atoms with E-state index in [1.54, 1.807) is 36.0 Å². The number of fused-ring (bicyclic) bond motifs is 2. The summed E-state index contributed by atoms with van der Waals surface area (Å²) < 4.78 is 1.68. The van der Waals surface area contributed by atoms with Gasteiger partial charge in [-0.05, 0) is 78.3 Å². The van der Waals surface area contributed by atoms with Crippen LogP contribution in [0.4, 0.5) is 0 Å². The number of aliphatic carboxylic acids is 1. The smallest absolute Gasteiger partial charge is 0.326 e. The van der Waals surface area contributed by atoms with Gasteiger partial charge < -0.3 is 15.0 Å². The van der Waals surface area contributed by atoms with Gasteiger partial charge in [0.1, 0.15) is 6.04 Å². The maximum atomic E-state index is 13.7. The van der Waals surface area contributed by atoms with E-state index in [4.69, 9.17) is 23.2 Å². The Bertz CT molecular complexity index is 1960. The Hall–Kier alpha value is -4.20. The van der Waals surface area contributed by atoms with Gasteiger partial charge in [-0.3, -0.25) is 14.6 Å². The minimum atomic E-state index is -1.28. The van der Waals surface area contributed by atoms with Crippen molar-refractivity contribution in [3.05, 3.63) is 110 Å². The lowest BCUT2D eigenvalue weighted by molar-refractivity contribution is -0.139. The Morgan fingerprint density at radius 1 is 1.05 bits per heavy atom. The molecule has 1 amide bonds. The number of halogens is 2. The first-order chi connectivity index (χ1) is 20.2. The summed E-state index contributed by atoms with van der Waals surface area (Å²) in [5.74, 6) is -1.33. The molecule has 0 bridgehead atoms. The SMILES string of the molecule is Cc1c(-c2ccc(C[C@H](NC(=O)c3c(Cl)cccc3Cl)C(=O)O)c3ncccc23)c(=O)n(C)c2ccc(C3CC3)cc12. The third-order valence-corrected chi connectivity index (χ3v) is 8.70. The zero-order valence-corrected chi connectivity index (χ0v) is 24.5. The average molecular weight is 601 g/mol. The molecule has 7 nitrogen and oxygen atoms in total. The van der Waals surface area contributed by atoms with Crippen LogP contribution in [0.15, 0.2) is 71.7 Å². The van der Waals surface area contributed by atoms with E-state index in [1.807, 2.05) is 25.1 Å². The van der Waals surface area contributed by atoms with E-state index < -0.39 is 17.9 Å². The Balaban J connectivity index is 1.43. The third-order valence-electron chi connectivity index (χ3n) is 8.07. The van der Waals surface area contributed by atoms with Crippen molar-refractivity contribution in [1.29, 1.82) is 0 Å². The van der Waals surface area contributed by atoms with Gasteiger partial charge in [-0.25, -0.2) is 4.79 Å². The number of carbonyl (C=O) groups excluding carboxylic acids is 1. The minimum Gasteiger partial charge on any atom is -0.480 e. The Kier molecular flexibility index (Phi) is 7.25. The molecule has 1 saturated carbocycles. The van der Waals surface area contributed by atoms with Crippen LogP contribution in [0.1, 0.15) is 45.8 Å². The number of rotatable bonds is 7. The number of carboxylic acid groups (broad SMARTS) is 1. The number of aryl methyl sites for hydroxylation is 2. The van der Waals surface area contributed by atoms with Crippen molar-refractivity contribution >= 4 is 56.9 Å². The lowest BCUT2D eigenvalue weighted by atomic mass is 9.91. The normalized spacial score (nSPS) is 13.8. The Labute approximate surface area is 251 Å². The van der Waals surface area contributed by atoms with E-state index in [-0.39, 0.29) is 27.6 Å². The largest absolute Gasteiger partial charge is 0.480 e. The number of hydrogen-bond donors (Lipinski definition) is 2. The minimum absolute atomic E-state index is 0.0119. The zero-order valence-electron chi connectivity index (χ0n) is 22.9. The standard InChI is InChI=1S/C33H27Cl2N3O4/c1-17-23-15-19(18-8-9-18)11-13-27(23)38(2)32(40)28(17)21-12-10-20(30-22(21)5-4-14-36-30)16-26(33(41)42)37-31(39)29-24(34)6-3-7-25(29)35/h3-7,10-15,18,26H,8-9,16H2,1-2H3,(H,37,39)(H,41,42)/t26-/m0/s1. The molecule has 0 unspecified atom stereocenters. The van der Waals surface area contributed by atoms with Crippen molar-refractivity contribution in [1.82, 2.24) is 14.9 Å². The van der Waals surface area contributed by atoms with Gasteiger partial charge in [0.15, 0.2) is 0 Å². The van der Waals surface area contributed by atoms with Crippen LogP contribution in [-0.4, -0.2) is 32.6 Å². The number of nitrogens with zero attached hydrogens (tertiary/aromatic N) is 2. The topological polar surface area (TPSA) is 101 Å². The number of pyridine rings is 2. The highest BCUT2D eigenvalue weighted by molar-refractivity contribution is 6.39. The van der Waals surface area contributed by atoms with Gasteiger partial charge in [-0.15, -0.1) is 0 Å². The fraction of sp³-hybridized carbons (Fsp3) is 0.212. The molecule has 1 fully saturated rings. The van der Waals surface area contributed by atoms with Crippen LogP contribution in [0.5, 0.6) is 0 Å². The van der Waals surface area contributed by atoms with Crippen LogP contribution in [-0.2, 0) is 18.3 Å². The van der Waals surface area contributed by atoms with E-state index in [0.717, 1.165) is 27.4 Å². The second-order valence-electron chi connectivity index (χ2n) is 10.8. The number of amides is 1. The summed E-state index contributed by atoms with van der Waals surface area (Å²) in [6.07, 6.45) is 3.95. The van der Waals surface area contributed by atoms with E-state index in [1.165, 1.54) is 30.5 Å². The molecule has 0 spiro atoms. The molecule has 2 N–H and O–H groups in total. The van der Waals surface area contributed by atoms with Crippen molar-refractivity contribution in [3.8, 4) is 11.1 Å². The highest BCUT2D eigenvalue weighted by atomic mass is 35.5. The summed E-state index contributed by atoms with van der Waals surface area (Å²) in [6.45, 7) is 1.97. The summed E-state index contributed by atoms with van der Waals surface area (Å²) in [5, 5.41) is 14.5. The van der Waals surface area contributed by atoms with Gasteiger partial charge in [0, 0.05) is 30.4 Å². The zero-order chi connectivity index (χ0) is 29.7. The molecule has 0 aliphatic heterocycles. The second kappa shape index (κ2) is 10.9. The first-order valence-corrected chi connectivity index (χ1v) is 14.4. The molecule has 212 valence electrons. The number of hydrogen-bond acceptors (Lipinski definition) is 4. The Morgan fingerprint density at radius 2 is 1.79 bits per heavy atom. The number of benzene rings is 3. The molecule has 1 atom stereocenters. The summed E-state index contributed by atoms with van der Waals surface area (Å²) in [4.78, 5) is 43.5. The highest BCUT2D eigenvalue weighted by Crippen LogP contribution is 2.42. The molecule has 0 radical (unpaired) electrons. The monoisotopic (exact) mass is 599 g/mol. The number of carbonyl (C=O) groups is 2. The van der Waals surface area contributed by atoms with Gasteiger partial charge in [0.05, 0.1) is 32.2 Å². The van der Waals surface area contributed by atoms with Crippen LogP contribution in [0.2, 0.25) is 10.0 Å². The maximum Gasteiger partial charge on any atom is 0.326 e. The molecule has 9 heteroatoms. The van der Waals surface area contributed by atoms with E-state index in [0.29, 0.717) is 22.6 Å². The molecule has 1 aliphatic carbocycles. The summed E-state index contributed by atoms with van der Waals surface area (Å²) >= 11 is 12.3. The summed E-state index contributed by atoms with van der Waals surface area (Å²) in [7, 11) is 1.78. The molecule has 42 heavy (non-hydrogen) atoms. The highest BCUT2D eigenvalue weighted by Gasteiger charge is 2.27. The molecular formula is C33H27Cl2N3O4. The fourth-order valence-corrected chi connectivity index (χ4v) is 6.25. The van der Waals surface area contributed by atoms with Crippen molar-refractivity contribution in [2.45, 2.75) is 38.1 Å². The maximum absolute atomic E-state index is 13.7. The quantitative estimate of drug-likeness (QED) is 0.217. The van der Waals surface area contributed by atoms with Gasteiger partial charge in [-0.1, -0.05) is 53.5 Å². The average Bonchev–Trinajstić information content (AvgIpc) is 3.82. The molecule has 0 saturated heterocycles. The first-order valence-electron chi connectivity index (χ1n) is 13.6. The third kappa shape index (κ3) is 4.93. The predicted octanol–water partition coefficient (Wildman–Crippen LogP) is 6.67. The van der Waals surface area contributed by atoms with Crippen LogP contribution >= 0.6 is 23.2 Å². The first kappa shape index (κ1) is 27.9. The molecule has 2 aromatic heterocycles. The van der Waals surface area contributed by atoms with E-state index >= 15 is 0 Å². The number of carboxylic acids is 1. The Morgan fingerprint density at radius 3 is 2.48 bits per heavy atom. The number of nitrogens with one attached hydrogen (secondary N) is 1. The van der Waals surface area contributed by atoms with E-state index in [2.05, 4.69) is 22.4 Å². The molecule has 5 aromatic rings. The van der Waals surface area contributed by atoms with Crippen molar-refractivity contribution in [3.63, 3.8) is 0 Å². The van der Waals surface area contributed by atoms with Crippen molar-refractivity contribution < 1.29 is 14.7 Å². The summed E-state index contributed by atoms with van der Waals surface area (Å²) in [5.41, 5.74) is 5.41. The van der Waals surface area contributed by atoms with E-state index in [9.17, 15) is 19.5 Å². The van der Waals surface area contributed by atoms with Gasteiger partial charge in [0.25, 0.3) is 11.5 Å². The van der Waals surface area contributed by atoms with Crippen molar-refractivity contribution in [2.75, 3.05) is 0 Å². The van der Waals surface area contributed by atoms with Crippen LogP contribution < -0.4 is 10.9 Å². The molecule has 2 heterocycles.